The second-order valence-electron chi connectivity index (χ2n) is 8.03. The van der Waals surface area contributed by atoms with Crippen LogP contribution in [-0.2, 0) is 16.0 Å². The number of aromatic hydroxyl groups is 1. The van der Waals surface area contributed by atoms with E-state index in [0.29, 0.717) is 37.2 Å². The number of ether oxygens (including phenoxy) is 1. The summed E-state index contributed by atoms with van der Waals surface area (Å²) in [5, 5.41) is 17.9. The van der Waals surface area contributed by atoms with Crippen molar-refractivity contribution >= 4 is 23.5 Å². The molecule has 32 heavy (non-hydrogen) atoms. The Balaban J connectivity index is 1.33. The largest absolute Gasteiger partial charge is 0.508 e. The van der Waals surface area contributed by atoms with Gasteiger partial charge in [0.05, 0.1) is 7.11 Å². The highest BCUT2D eigenvalue weighted by atomic mass is 16.5. The van der Waals surface area contributed by atoms with Crippen LogP contribution in [0, 0.1) is 0 Å². The molecule has 9 nitrogen and oxygen atoms in total. The second kappa shape index (κ2) is 9.17. The summed E-state index contributed by atoms with van der Waals surface area (Å²) in [6.07, 6.45) is 1.29. The van der Waals surface area contributed by atoms with E-state index in [9.17, 15) is 19.5 Å². The SMILES string of the molecule is COc1ccc(NC(=O)NC2CCN3C(=O)C(Cc4ccc(O)cc4)NC(=O)C3C2)cc1. The first kappa shape index (κ1) is 21.5. The first-order chi connectivity index (χ1) is 15.4. The lowest BCUT2D eigenvalue weighted by Gasteiger charge is -2.44. The van der Waals surface area contributed by atoms with E-state index in [-0.39, 0.29) is 29.6 Å². The normalized spacial score (nSPS) is 22.5. The molecule has 0 bridgehead atoms. The quantitative estimate of drug-likeness (QED) is 0.566. The van der Waals surface area contributed by atoms with Crippen molar-refractivity contribution in [3.05, 3.63) is 54.1 Å². The number of piperazine rings is 1. The van der Waals surface area contributed by atoms with E-state index in [0.717, 1.165) is 5.56 Å². The lowest BCUT2D eigenvalue weighted by molar-refractivity contribution is -0.151. The molecule has 2 aromatic rings. The van der Waals surface area contributed by atoms with E-state index in [4.69, 9.17) is 4.74 Å². The molecule has 2 heterocycles. The molecule has 9 heteroatoms. The summed E-state index contributed by atoms with van der Waals surface area (Å²) in [6.45, 7) is 0.399. The zero-order valence-electron chi connectivity index (χ0n) is 17.7. The molecular weight excluding hydrogens is 412 g/mol. The number of nitrogens with one attached hydrogen (secondary N) is 3. The molecule has 0 spiro atoms. The number of fused-ring (bicyclic) bond motifs is 1. The highest BCUT2D eigenvalue weighted by Gasteiger charge is 2.44. The molecule has 0 aliphatic carbocycles. The molecule has 4 rings (SSSR count). The van der Waals surface area contributed by atoms with Crippen LogP contribution < -0.4 is 20.7 Å². The third kappa shape index (κ3) is 4.77. The summed E-state index contributed by atoms with van der Waals surface area (Å²) >= 11 is 0. The summed E-state index contributed by atoms with van der Waals surface area (Å²) in [7, 11) is 1.57. The zero-order valence-corrected chi connectivity index (χ0v) is 17.7. The number of phenols is 1. The van der Waals surface area contributed by atoms with Gasteiger partial charge in [0, 0.05) is 24.7 Å². The number of benzene rings is 2. The Morgan fingerprint density at radius 3 is 2.56 bits per heavy atom. The van der Waals surface area contributed by atoms with Crippen LogP contribution in [-0.4, -0.2) is 59.6 Å². The van der Waals surface area contributed by atoms with Crippen LogP contribution in [0.4, 0.5) is 10.5 Å². The molecular formula is C23H26N4O5. The minimum atomic E-state index is -0.633. The smallest absolute Gasteiger partial charge is 0.319 e. The van der Waals surface area contributed by atoms with Gasteiger partial charge in [0.15, 0.2) is 0 Å². The molecule has 168 valence electrons. The van der Waals surface area contributed by atoms with Gasteiger partial charge < -0.3 is 30.7 Å². The van der Waals surface area contributed by atoms with Crippen molar-refractivity contribution in [2.45, 2.75) is 37.4 Å². The van der Waals surface area contributed by atoms with Crippen LogP contribution >= 0.6 is 0 Å². The molecule has 2 aromatic carbocycles. The summed E-state index contributed by atoms with van der Waals surface area (Å²) in [6, 6.07) is 11.7. The van der Waals surface area contributed by atoms with Gasteiger partial charge in [-0.25, -0.2) is 4.79 Å². The maximum Gasteiger partial charge on any atom is 0.319 e. The molecule has 2 fully saturated rings. The average molecular weight is 438 g/mol. The number of anilines is 1. The van der Waals surface area contributed by atoms with Gasteiger partial charge >= 0.3 is 6.03 Å². The van der Waals surface area contributed by atoms with Crippen molar-refractivity contribution in [1.82, 2.24) is 15.5 Å². The van der Waals surface area contributed by atoms with E-state index in [1.54, 1.807) is 60.5 Å². The van der Waals surface area contributed by atoms with Gasteiger partial charge in [0.2, 0.25) is 11.8 Å². The molecule has 0 saturated carbocycles. The van der Waals surface area contributed by atoms with Crippen LogP contribution in [0.15, 0.2) is 48.5 Å². The first-order valence-corrected chi connectivity index (χ1v) is 10.5. The fourth-order valence-electron chi connectivity index (χ4n) is 4.17. The number of methoxy groups -OCH3 is 1. The monoisotopic (exact) mass is 438 g/mol. The van der Waals surface area contributed by atoms with Gasteiger partial charge in [-0.2, -0.15) is 0 Å². The molecule has 2 aliphatic heterocycles. The third-order valence-corrected chi connectivity index (χ3v) is 5.86. The van der Waals surface area contributed by atoms with E-state index >= 15 is 0 Å². The van der Waals surface area contributed by atoms with E-state index in [1.165, 1.54) is 0 Å². The fraction of sp³-hybridized carbons (Fsp3) is 0.348. The first-order valence-electron chi connectivity index (χ1n) is 10.5. The Labute approximate surface area is 185 Å². The molecule has 0 aromatic heterocycles. The zero-order chi connectivity index (χ0) is 22.7. The number of piperidine rings is 1. The number of nitrogens with zero attached hydrogens (tertiary/aromatic N) is 1. The Kier molecular flexibility index (Phi) is 6.16. The van der Waals surface area contributed by atoms with Gasteiger partial charge in [-0.05, 0) is 54.8 Å². The van der Waals surface area contributed by atoms with E-state index in [2.05, 4.69) is 16.0 Å². The molecule has 0 radical (unpaired) electrons. The molecule has 3 unspecified atom stereocenters. The number of hydrogen-bond donors (Lipinski definition) is 4. The summed E-state index contributed by atoms with van der Waals surface area (Å²) in [5.41, 5.74) is 1.48. The van der Waals surface area contributed by atoms with E-state index < -0.39 is 12.1 Å². The predicted octanol–water partition coefficient (Wildman–Crippen LogP) is 1.62. The highest BCUT2D eigenvalue weighted by molar-refractivity contribution is 5.97. The Morgan fingerprint density at radius 2 is 1.88 bits per heavy atom. The lowest BCUT2D eigenvalue weighted by Crippen LogP contribution is -2.67. The lowest BCUT2D eigenvalue weighted by atomic mass is 9.91. The standard InChI is InChI=1S/C23H26N4O5/c1-32-18-8-4-15(5-9-18)24-23(31)25-16-10-11-27-20(13-16)21(29)26-19(22(27)30)12-14-2-6-17(28)7-3-14/h2-9,16,19-20,28H,10-13H2,1H3,(H,26,29)(H2,24,25,31). The van der Waals surface area contributed by atoms with Gasteiger partial charge in [0.25, 0.3) is 0 Å². The van der Waals surface area contributed by atoms with Gasteiger partial charge in [0.1, 0.15) is 23.6 Å². The molecule has 4 N–H and O–H groups in total. The number of amides is 4. The number of rotatable bonds is 5. The Morgan fingerprint density at radius 1 is 1.16 bits per heavy atom. The van der Waals surface area contributed by atoms with Crippen molar-refractivity contribution in [2.24, 2.45) is 0 Å². The van der Waals surface area contributed by atoms with E-state index in [1.807, 2.05) is 0 Å². The molecule has 3 atom stereocenters. The van der Waals surface area contributed by atoms with Crippen LogP contribution in [0.3, 0.4) is 0 Å². The van der Waals surface area contributed by atoms with Crippen molar-refractivity contribution in [1.29, 1.82) is 0 Å². The molecule has 2 saturated heterocycles. The van der Waals surface area contributed by atoms with Crippen molar-refractivity contribution in [2.75, 3.05) is 19.0 Å². The fourth-order valence-corrected chi connectivity index (χ4v) is 4.17. The third-order valence-electron chi connectivity index (χ3n) is 5.86. The molecule has 2 aliphatic rings. The van der Waals surface area contributed by atoms with Crippen LogP contribution in [0.2, 0.25) is 0 Å². The van der Waals surface area contributed by atoms with Gasteiger partial charge in [-0.1, -0.05) is 12.1 Å². The average Bonchev–Trinajstić information content (AvgIpc) is 2.79. The van der Waals surface area contributed by atoms with Crippen LogP contribution in [0.5, 0.6) is 11.5 Å². The Hall–Kier alpha value is -3.75. The number of hydrogen-bond acceptors (Lipinski definition) is 5. The number of phenolic OH excluding ortho intramolecular Hbond substituents is 1. The van der Waals surface area contributed by atoms with Crippen molar-refractivity contribution in [3.63, 3.8) is 0 Å². The molecule has 4 amide bonds. The highest BCUT2D eigenvalue weighted by Crippen LogP contribution is 2.24. The number of urea groups is 1. The Bertz CT molecular complexity index is 992. The maximum atomic E-state index is 13.0. The topological polar surface area (TPSA) is 120 Å². The minimum Gasteiger partial charge on any atom is -0.508 e. The number of carbonyl (C=O) groups excluding carboxylic acids is 3. The van der Waals surface area contributed by atoms with Crippen molar-refractivity contribution < 1.29 is 24.2 Å². The predicted molar refractivity (Wildman–Crippen MR) is 117 cm³/mol. The van der Waals surface area contributed by atoms with Crippen molar-refractivity contribution in [3.8, 4) is 11.5 Å². The van der Waals surface area contributed by atoms with Crippen LogP contribution in [0.25, 0.3) is 0 Å². The van der Waals surface area contributed by atoms with Gasteiger partial charge in [-0.15, -0.1) is 0 Å². The van der Waals surface area contributed by atoms with Crippen LogP contribution in [0.1, 0.15) is 18.4 Å². The minimum absolute atomic E-state index is 0.121. The summed E-state index contributed by atoms with van der Waals surface area (Å²) in [5.74, 6) is 0.512. The number of carbonyl (C=O) groups is 3. The second-order valence-corrected chi connectivity index (χ2v) is 8.03. The summed E-state index contributed by atoms with van der Waals surface area (Å²) in [4.78, 5) is 39.7. The summed E-state index contributed by atoms with van der Waals surface area (Å²) < 4.78 is 5.10. The maximum absolute atomic E-state index is 13.0. The van der Waals surface area contributed by atoms with Gasteiger partial charge in [-0.3, -0.25) is 9.59 Å².